The molecule has 2 aromatic carbocycles. The van der Waals surface area contributed by atoms with Crippen molar-refractivity contribution in [2.75, 3.05) is 77.3 Å². The van der Waals surface area contributed by atoms with Crippen LogP contribution in [-0.2, 0) is 19.6 Å². The van der Waals surface area contributed by atoms with E-state index in [1.165, 1.54) is 33.5 Å². The van der Waals surface area contributed by atoms with Gasteiger partial charge in [-0.1, -0.05) is 71.4 Å². The fourth-order valence-electron chi connectivity index (χ4n) is 7.70. The van der Waals surface area contributed by atoms with Crippen LogP contribution >= 0.6 is 0 Å². The van der Waals surface area contributed by atoms with E-state index in [1.54, 1.807) is 0 Å². The fraction of sp³-hybridized carbons (Fsp3) is 0.548. The first-order valence-corrected chi connectivity index (χ1v) is 18.6. The maximum absolute atomic E-state index is 13.4. The molecule has 1 amide bonds. The number of nitrogens with one attached hydrogen (secondary N) is 1. The SMILES string of the molecule is CCCCOCCOCCOCCNC(=O)c1ccc(C)c(C2=C3C=CC(N4CC(C)C4)C=C3C(C)(C)c3cc(N4CC(C)C4)ccc32)c1. The van der Waals surface area contributed by atoms with Crippen molar-refractivity contribution in [3.8, 4) is 0 Å². The molecule has 264 valence electrons. The lowest BCUT2D eigenvalue weighted by molar-refractivity contribution is 0.0146. The van der Waals surface area contributed by atoms with Crippen molar-refractivity contribution in [2.45, 2.75) is 65.8 Å². The second kappa shape index (κ2) is 15.8. The van der Waals surface area contributed by atoms with Gasteiger partial charge in [-0.2, -0.15) is 0 Å². The number of allylic oxidation sites excluding steroid dienone is 3. The average molecular weight is 668 g/mol. The van der Waals surface area contributed by atoms with E-state index in [2.05, 4.69) is 105 Å². The summed E-state index contributed by atoms with van der Waals surface area (Å²) < 4.78 is 16.8. The number of carbonyl (C=O) groups excluding carboxylic acids is 1. The molecule has 1 atom stereocenters. The lowest BCUT2D eigenvalue weighted by Gasteiger charge is -2.46. The van der Waals surface area contributed by atoms with Crippen molar-refractivity contribution in [3.05, 3.63) is 93.6 Å². The Bertz CT molecular complexity index is 1580. The van der Waals surface area contributed by atoms with Gasteiger partial charge in [-0.15, -0.1) is 0 Å². The molecular formula is C42H57N3O4. The van der Waals surface area contributed by atoms with Crippen LogP contribution in [0.25, 0.3) is 5.57 Å². The molecule has 0 saturated carbocycles. The van der Waals surface area contributed by atoms with E-state index < -0.39 is 0 Å². The first-order chi connectivity index (χ1) is 23.7. The first kappa shape index (κ1) is 35.6. The fourth-order valence-corrected chi connectivity index (χ4v) is 7.70. The minimum Gasteiger partial charge on any atom is -0.379 e. The van der Waals surface area contributed by atoms with Crippen molar-refractivity contribution >= 4 is 17.2 Å². The molecular weight excluding hydrogens is 610 g/mol. The normalized spacial score (nSPS) is 20.4. The summed E-state index contributed by atoms with van der Waals surface area (Å²) in [7, 11) is 0. The first-order valence-electron chi connectivity index (χ1n) is 18.6. The van der Waals surface area contributed by atoms with E-state index in [-0.39, 0.29) is 11.3 Å². The summed E-state index contributed by atoms with van der Waals surface area (Å²) in [6.07, 6.45) is 9.47. The maximum Gasteiger partial charge on any atom is 0.251 e. The second-order valence-corrected chi connectivity index (χ2v) is 15.1. The standard InChI is InChI=1S/C42H57N3O4/c1-7-8-16-47-18-20-49-21-19-48-17-15-43-41(46)32-10-9-31(4)37(22-32)40-35-13-11-33(44-25-29(2)26-44)23-38(35)42(5,6)39-24-34(12-14-36(39)40)45-27-30(3)28-45/h9-14,22-24,29-30,33H,7-8,15-21,25-28H2,1-6H3,(H,43,46). The van der Waals surface area contributed by atoms with Crippen LogP contribution in [0.5, 0.6) is 0 Å². The van der Waals surface area contributed by atoms with Gasteiger partial charge in [0.2, 0.25) is 0 Å². The zero-order valence-corrected chi connectivity index (χ0v) is 30.6. The Hall–Kier alpha value is -3.23. The molecule has 2 saturated heterocycles. The molecule has 2 aliphatic heterocycles. The van der Waals surface area contributed by atoms with Gasteiger partial charge in [-0.25, -0.2) is 0 Å². The molecule has 7 heteroatoms. The molecule has 1 unspecified atom stereocenters. The Morgan fingerprint density at radius 3 is 2.27 bits per heavy atom. The number of fused-ring (bicyclic) bond motifs is 2. The molecule has 49 heavy (non-hydrogen) atoms. The highest BCUT2D eigenvalue weighted by Gasteiger charge is 2.40. The number of benzene rings is 2. The number of nitrogens with zero attached hydrogens (tertiary/aromatic N) is 2. The highest BCUT2D eigenvalue weighted by atomic mass is 16.5. The number of ether oxygens (including phenoxy) is 3. The van der Waals surface area contributed by atoms with Gasteiger partial charge in [-0.3, -0.25) is 9.69 Å². The molecule has 0 bridgehead atoms. The van der Waals surface area contributed by atoms with Gasteiger partial charge in [0.25, 0.3) is 5.91 Å². The van der Waals surface area contributed by atoms with Gasteiger partial charge in [0.15, 0.2) is 0 Å². The number of anilines is 1. The minimum atomic E-state index is -0.156. The summed E-state index contributed by atoms with van der Waals surface area (Å²) in [4.78, 5) is 18.5. The van der Waals surface area contributed by atoms with Gasteiger partial charge in [0.05, 0.1) is 33.0 Å². The number of likely N-dealkylation sites (tertiary alicyclic amines) is 1. The van der Waals surface area contributed by atoms with E-state index in [9.17, 15) is 4.79 Å². The van der Waals surface area contributed by atoms with Crippen molar-refractivity contribution < 1.29 is 19.0 Å². The molecule has 0 radical (unpaired) electrons. The summed E-state index contributed by atoms with van der Waals surface area (Å²) in [5, 5.41) is 3.06. The van der Waals surface area contributed by atoms with Crippen LogP contribution in [-0.4, -0.2) is 89.2 Å². The second-order valence-electron chi connectivity index (χ2n) is 15.1. The van der Waals surface area contributed by atoms with Crippen molar-refractivity contribution in [3.63, 3.8) is 0 Å². The lowest BCUT2D eigenvalue weighted by atomic mass is 9.63. The van der Waals surface area contributed by atoms with Gasteiger partial charge >= 0.3 is 0 Å². The molecule has 4 aliphatic rings. The number of amides is 1. The average Bonchev–Trinajstić information content (AvgIpc) is 3.06. The predicted octanol–water partition coefficient (Wildman–Crippen LogP) is 6.94. The number of rotatable bonds is 16. The van der Waals surface area contributed by atoms with Crippen LogP contribution in [0.1, 0.15) is 80.1 Å². The Morgan fingerprint density at radius 2 is 1.57 bits per heavy atom. The Kier molecular flexibility index (Phi) is 11.4. The summed E-state index contributed by atoms with van der Waals surface area (Å²) in [5.41, 5.74) is 10.6. The van der Waals surface area contributed by atoms with E-state index in [0.29, 0.717) is 51.2 Å². The molecule has 2 aliphatic carbocycles. The summed E-state index contributed by atoms with van der Waals surface area (Å²) >= 11 is 0. The lowest BCUT2D eigenvalue weighted by Crippen LogP contribution is -2.50. The molecule has 0 aromatic heterocycles. The van der Waals surface area contributed by atoms with Gasteiger partial charge in [0.1, 0.15) is 0 Å². The predicted molar refractivity (Wildman–Crippen MR) is 199 cm³/mol. The zero-order chi connectivity index (χ0) is 34.5. The zero-order valence-electron chi connectivity index (χ0n) is 30.6. The van der Waals surface area contributed by atoms with Crippen molar-refractivity contribution in [1.29, 1.82) is 0 Å². The minimum absolute atomic E-state index is 0.0866. The third-order valence-corrected chi connectivity index (χ3v) is 10.6. The molecule has 0 spiro atoms. The molecule has 2 aromatic rings. The third kappa shape index (κ3) is 7.91. The van der Waals surface area contributed by atoms with Crippen molar-refractivity contribution in [1.82, 2.24) is 10.2 Å². The number of aryl methyl sites for hydroxylation is 1. The van der Waals surface area contributed by atoms with Gasteiger partial charge < -0.3 is 24.4 Å². The molecule has 1 N–H and O–H groups in total. The van der Waals surface area contributed by atoms with E-state index in [1.807, 2.05) is 6.07 Å². The molecule has 6 rings (SSSR count). The Morgan fingerprint density at radius 1 is 0.878 bits per heavy atom. The van der Waals surface area contributed by atoms with Gasteiger partial charge in [0, 0.05) is 62.0 Å². The Balaban J connectivity index is 1.19. The highest BCUT2D eigenvalue weighted by molar-refractivity contribution is 5.98. The quantitative estimate of drug-likeness (QED) is 0.196. The number of hydrogen-bond acceptors (Lipinski definition) is 6. The van der Waals surface area contributed by atoms with E-state index in [4.69, 9.17) is 14.2 Å². The smallest absolute Gasteiger partial charge is 0.251 e. The largest absolute Gasteiger partial charge is 0.379 e. The van der Waals surface area contributed by atoms with Crippen molar-refractivity contribution in [2.24, 2.45) is 11.8 Å². The van der Waals surface area contributed by atoms with Crippen LogP contribution < -0.4 is 10.2 Å². The van der Waals surface area contributed by atoms with Crippen LogP contribution in [0.4, 0.5) is 5.69 Å². The highest BCUT2D eigenvalue weighted by Crippen LogP contribution is 2.52. The van der Waals surface area contributed by atoms with E-state index in [0.717, 1.165) is 68.6 Å². The molecule has 2 heterocycles. The van der Waals surface area contributed by atoms with Crippen LogP contribution in [0, 0.1) is 18.8 Å². The Labute approximate surface area is 294 Å². The maximum atomic E-state index is 13.4. The van der Waals surface area contributed by atoms with Gasteiger partial charge in [-0.05, 0) is 88.4 Å². The molecule has 7 nitrogen and oxygen atoms in total. The van der Waals surface area contributed by atoms with Crippen LogP contribution in [0.15, 0.2) is 65.8 Å². The topological polar surface area (TPSA) is 63.3 Å². The van der Waals surface area contributed by atoms with Crippen LogP contribution in [0.2, 0.25) is 0 Å². The monoisotopic (exact) mass is 667 g/mol. The third-order valence-electron chi connectivity index (χ3n) is 10.6. The number of unbranched alkanes of at least 4 members (excludes halogenated alkanes) is 1. The van der Waals surface area contributed by atoms with E-state index >= 15 is 0 Å². The summed E-state index contributed by atoms with van der Waals surface area (Å²) in [6, 6.07) is 13.5. The summed E-state index contributed by atoms with van der Waals surface area (Å²) in [5.74, 6) is 1.40. The van der Waals surface area contributed by atoms with Crippen LogP contribution in [0.3, 0.4) is 0 Å². The molecule has 2 fully saturated rings. The number of hydrogen-bond donors (Lipinski definition) is 1. The summed E-state index contributed by atoms with van der Waals surface area (Å²) in [6.45, 7) is 22.1. The number of carbonyl (C=O) groups is 1.